The number of aromatic nitrogens is 5. The molecule has 0 bridgehead atoms. The van der Waals surface area contributed by atoms with Crippen LogP contribution in [0.25, 0.3) is 5.82 Å². The van der Waals surface area contributed by atoms with Crippen molar-refractivity contribution in [1.29, 1.82) is 0 Å². The third kappa shape index (κ3) is 6.26. The van der Waals surface area contributed by atoms with E-state index in [-0.39, 0.29) is 39.5 Å². The van der Waals surface area contributed by atoms with E-state index in [1.54, 1.807) is 7.05 Å². The number of hydrogen-bond donors (Lipinski definition) is 1. The number of carbonyl (C=O) groups excluding carboxylic acids is 1. The Morgan fingerprint density at radius 3 is 2.46 bits per heavy atom. The van der Waals surface area contributed by atoms with Crippen LogP contribution < -0.4 is 14.4 Å². The molecule has 16 heteroatoms. The second kappa shape index (κ2) is 10.4. The first kappa shape index (κ1) is 30.5. The van der Waals surface area contributed by atoms with E-state index in [0.717, 1.165) is 20.3 Å². The summed E-state index contributed by atoms with van der Waals surface area (Å²) in [6, 6.07) is 4.34. The molecule has 11 nitrogen and oxygen atoms in total. The van der Waals surface area contributed by atoms with Crippen molar-refractivity contribution in [1.82, 2.24) is 29.2 Å². The van der Waals surface area contributed by atoms with Gasteiger partial charge in [0, 0.05) is 0 Å². The maximum atomic E-state index is 13.4. The predicted molar refractivity (Wildman–Crippen MR) is 146 cm³/mol. The monoisotopic (exact) mass is 595 g/mol. The van der Waals surface area contributed by atoms with E-state index >= 15 is 0 Å². The van der Waals surface area contributed by atoms with Gasteiger partial charge in [0.15, 0.2) is 0 Å². The zero-order valence-corrected chi connectivity index (χ0v) is 24.8. The average molecular weight is 595 g/mol. The van der Waals surface area contributed by atoms with E-state index in [1.807, 2.05) is 18.7 Å². The number of halogens is 3. The van der Waals surface area contributed by atoms with Crippen LogP contribution in [0.5, 0.6) is 5.88 Å². The number of alkyl halides is 3. The number of sulfonamides is 1. The van der Waals surface area contributed by atoms with Gasteiger partial charge in [-0.2, -0.15) is 13.2 Å². The molecule has 41 heavy (non-hydrogen) atoms. The summed E-state index contributed by atoms with van der Waals surface area (Å²) in [6.45, 7) is 9.62. The van der Waals surface area contributed by atoms with Crippen LogP contribution in [0.2, 0.25) is 0 Å². The first-order valence-electron chi connectivity index (χ1n) is 12.9. The van der Waals surface area contributed by atoms with Crippen LogP contribution in [0.3, 0.4) is 0 Å². The third-order valence-electron chi connectivity index (χ3n) is 7.07. The Bertz CT molecular complexity index is 1570. The number of rotatable bonds is 8. The number of carbonyl (C=O) groups is 1. The molecular formula is C25H33BF3N7O4S. The van der Waals surface area contributed by atoms with Crippen molar-refractivity contribution in [2.45, 2.75) is 64.5 Å². The summed E-state index contributed by atoms with van der Waals surface area (Å²) in [5.41, 5.74) is -2.20. The SMILES string of the molecule is Cc1nn(C)bc1S(=O)(=O)NC(=O)c1ccc(-n2ccc(OCC(C)(C)C(F)(F)F)n2)nc1N1C[C@@H](C)CC1(C)C. The van der Waals surface area contributed by atoms with E-state index in [4.69, 9.17) is 4.74 Å². The van der Waals surface area contributed by atoms with Crippen molar-refractivity contribution in [2.24, 2.45) is 18.4 Å². The van der Waals surface area contributed by atoms with Crippen LogP contribution in [0.4, 0.5) is 19.0 Å². The van der Waals surface area contributed by atoms with Crippen molar-refractivity contribution < 1.29 is 31.1 Å². The summed E-state index contributed by atoms with van der Waals surface area (Å²) in [7, 11) is -1.34. The molecule has 1 aliphatic rings. The van der Waals surface area contributed by atoms with Crippen molar-refractivity contribution in [2.75, 3.05) is 18.1 Å². The fourth-order valence-corrected chi connectivity index (χ4v) is 6.02. The Balaban J connectivity index is 1.68. The topological polar surface area (TPSA) is 124 Å². The summed E-state index contributed by atoms with van der Waals surface area (Å²) in [4.78, 5) is 19.9. The van der Waals surface area contributed by atoms with Crippen molar-refractivity contribution in [3.05, 3.63) is 35.7 Å². The zero-order valence-electron chi connectivity index (χ0n) is 23.9. The van der Waals surface area contributed by atoms with Crippen LogP contribution in [0, 0.1) is 18.3 Å². The van der Waals surface area contributed by atoms with E-state index in [9.17, 15) is 26.4 Å². The van der Waals surface area contributed by atoms with Gasteiger partial charge < -0.3 is 0 Å². The molecule has 3 aromatic rings. The number of aryl methyl sites for hydroxylation is 2. The summed E-state index contributed by atoms with van der Waals surface area (Å²) < 4.78 is 75.8. The Morgan fingerprint density at radius 1 is 1.22 bits per heavy atom. The number of nitrogens with one attached hydrogen (secondary N) is 1. The molecule has 1 fully saturated rings. The molecule has 0 unspecified atom stereocenters. The minimum absolute atomic E-state index is 0.0273. The second-order valence-corrected chi connectivity index (χ2v) is 13.4. The van der Waals surface area contributed by atoms with E-state index in [1.165, 1.54) is 47.6 Å². The predicted octanol–water partition coefficient (Wildman–Crippen LogP) is 3.36. The Morgan fingerprint density at radius 2 is 1.90 bits per heavy atom. The van der Waals surface area contributed by atoms with E-state index in [0.29, 0.717) is 6.54 Å². The number of hydrogen-bond acceptors (Lipinski definition) is 8. The standard InChI is InChI=1S/C25H33BF3N7O4S/c1-15-12-24(5,6)35(13-15)21-17(22(37)33-41(38,39)20-16(2)31-34(7)26-20)8-9-18(30-21)36-11-10-19(32-36)40-14-23(3,4)25(27,28)29/h8-11,15H,12-14H2,1-7H3,(H,33,37)/t15-/m0/s1. The summed E-state index contributed by atoms with van der Waals surface area (Å²) >= 11 is 0. The van der Waals surface area contributed by atoms with Gasteiger partial charge >= 0.3 is 198 Å². The Kier molecular flexibility index (Phi) is 7.78. The molecule has 0 radical (unpaired) electrons. The van der Waals surface area contributed by atoms with E-state index in [2.05, 4.69) is 26.8 Å². The van der Waals surface area contributed by atoms with Crippen LogP contribution >= 0.6 is 0 Å². The Hall–Kier alpha value is -3.43. The van der Waals surface area contributed by atoms with Gasteiger partial charge in [0.1, 0.15) is 6.61 Å². The number of pyridine rings is 1. The fraction of sp³-hybridized carbons (Fsp3) is 0.560. The van der Waals surface area contributed by atoms with Crippen molar-refractivity contribution >= 4 is 28.8 Å². The zero-order chi connectivity index (χ0) is 30.5. The van der Waals surface area contributed by atoms with Gasteiger partial charge in [-0.25, -0.2) is 0 Å². The molecule has 1 amide bonds. The summed E-state index contributed by atoms with van der Waals surface area (Å²) in [5, 5.41) is 8.25. The van der Waals surface area contributed by atoms with Crippen LogP contribution in [0.15, 0.2) is 29.2 Å². The normalized spacial score (nSPS) is 17.5. The molecule has 0 aromatic carbocycles. The van der Waals surface area contributed by atoms with E-state index < -0.39 is 39.7 Å². The van der Waals surface area contributed by atoms with Gasteiger partial charge in [0.05, 0.1) is 5.41 Å². The number of nitrogens with zero attached hydrogens (tertiary/aromatic N) is 6. The first-order valence-corrected chi connectivity index (χ1v) is 14.4. The van der Waals surface area contributed by atoms with Gasteiger partial charge in [-0.1, -0.05) is 0 Å². The third-order valence-corrected chi connectivity index (χ3v) is 8.50. The van der Waals surface area contributed by atoms with Crippen LogP contribution in [-0.2, 0) is 17.1 Å². The van der Waals surface area contributed by atoms with Gasteiger partial charge in [0.2, 0.25) is 0 Å². The molecule has 0 spiro atoms. The molecule has 4 heterocycles. The molecule has 3 aromatic heterocycles. The van der Waals surface area contributed by atoms with Gasteiger partial charge in [0.25, 0.3) is 0 Å². The molecule has 222 valence electrons. The van der Waals surface area contributed by atoms with Crippen LogP contribution in [-0.4, -0.2) is 70.7 Å². The summed E-state index contributed by atoms with van der Waals surface area (Å²) in [5.74, 6) is -0.0988. The van der Waals surface area contributed by atoms with Gasteiger partial charge in [-0.05, 0) is 13.8 Å². The van der Waals surface area contributed by atoms with Gasteiger partial charge in [-0.15, -0.1) is 0 Å². The molecule has 0 aliphatic carbocycles. The molecule has 1 atom stereocenters. The maximum absolute atomic E-state index is 13.4. The molecular weight excluding hydrogens is 562 g/mol. The summed E-state index contributed by atoms with van der Waals surface area (Å²) in [6.07, 6.45) is -2.16. The molecule has 1 saturated heterocycles. The second-order valence-electron chi connectivity index (χ2n) is 11.7. The molecule has 1 aliphatic heterocycles. The first-order chi connectivity index (χ1) is 18.8. The molecule has 1 N–H and O–H groups in total. The molecule has 4 rings (SSSR count). The number of ether oxygens (including phenoxy) is 1. The quantitative estimate of drug-likeness (QED) is 0.421. The van der Waals surface area contributed by atoms with Crippen LogP contribution in [0.1, 0.15) is 57.1 Å². The molecule has 0 saturated carbocycles. The van der Waals surface area contributed by atoms with Gasteiger partial charge in [-0.3, -0.25) is 0 Å². The number of anilines is 1. The van der Waals surface area contributed by atoms with Crippen molar-refractivity contribution in [3.63, 3.8) is 0 Å². The number of amides is 1. The average Bonchev–Trinajstić information content (AvgIpc) is 3.52. The van der Waals surface area contributed by atoms with Crippen molar-refractivity contribution in [3.8, 4) is 11.7 Å². The fourth-order valence-electron chi connectivity index (χ4n) is 4.83. The Labute approximate surface area is 237 Å². The minimum atomic E-state index is -4.45.